The zero-order chi connectivity index (χ0) is 12.8. The number of benzene rings is 2. The molecular formula is C16H14BrN. The molecule has 0 saturated heterocycles. The molecule has 2 heteroatoms. The number of halogens is 1. The maximum absolute atomic E-state index is 3.57. The van der Waals surface area contributed by atoms with Gasteiger partial charge < -0.3 is 5.32 Å². The number of nitrogens with one attached hydrogen (secondary N) is 1. The van der Waals surface area contributed by atoms with Crippen molar-refractivity contribution in [3.8, 4) is 11.8 Å². The Morgan fingerprint density at radius 1 is 1.06 bits per heavy atom. The summed E-state index contributed by atoms with van der Waals surface area (Å²) in [5, 5.41) is 3.30. The Hall–Kier alpha value is -1.72. The van der Waals surface area contributed by atoms with Crippen molar-refractivity contribution in [3.05, 3.63) is 64.1 Å². The van der Waals surface area contributed by atoms with Gasteiger partial charge >= 0.3 is 0 Å². The third kappa shape index (κ3) is 3.38. The molecule has 1 nitrogen and oxygen atoms in total. The maximum Gasteiger partial charge on any atom is 0.0770 e. The molecule has 0 aliphatic rings. The Morgan fingerprint density at radius 3 is 2.61 bits per heavy atom. The van der Waals surface area contributed by atoms with E-state index in [1.807, 2.05) is 42.5 Å². The van der Waals surface area contributed by atoms with Gasteiger partial charge in [-0.15, -0.1) is 0 Å². The number of hydrogen-bond donors (Lipinski definition) is 1. The lowest BCUT2D eigenvalue weighted by Gasteiger charge is -2.07. The standard InChI is InChI=1S/C16H14BrN/c1-13-7-5-11-15(16(13)17)18-12-6-10-14-8-3-2-4-9-14/h2-5,7-9,11,18H,12H2,1H3. The minimum Gasteiger partial charge on any atom is -0.373 e. The average molecular weight is 300 g/mol. The van der Waals surface area contributed by atoms with Gasteiger partial charge in [-0.2, -0.15) is 0 Å². The molecule has 90 valence electrons. The Bertz CT molecular complexity index is 579. The van der Waals surface area contributed by atoms with E-state index in [1.165, 1.54) is 5.56 Å². The molecule has 0 aromatic heterocycles. The molecule has 0 heterocycles. The molecular weight excluding hydrogens is 286 g/mol. The molecule has 2 aromatic carbocycles. The highest BCUT2D eigenvalue weighted by Crippen LogP contribution is 2.25. The quantitative estimate of drug-likeness (QED) is 0.819. The summed E-state index contributed by atoms with van der Waals surface area (Å²) >= 11 is 3.57. The SMILES string of the molecule is Cc1cccc(NCC#Cc2ccccc2)c1Br. The lowest BCUT2D eigenvalue weighted by Crippen LogP contribution is -1.99. The van der Waals surface area contributed by atoms with Gasteiger partial charge in [-0.1, -0.05) is 42.2 Å². The van der Waals surface area contributed by atoms with Crippen LogP contribution in [0.25, 0.3) is 0 Å². The van der Waals surface area contributed by atoms with Gasteiger partial charge in [0.1, 0.15) is 0 Å². The van der Waals surface area contributed by atoms with Gasteiger partial charge in [0.05, 0.1) is 6.54 Å². The lowest BCUT2D eigenvalue weighted by atomic mass is 10.2. The summed E-state index contributed by atoms with van der Waals surface area (Å²) in [6.07, 6.45) is 0. The van der Waals surface area contributed by atoms with Crippen LogP contribution in [0.1, 0.15) is 11.1 Å². The third-order valence-corrected chi connectivity index (χ3v) is 3.62. The summed E-state index contributed by atoms with van der Waals surface area (Å²) in [7, 11) is 0. The van der Waals surface area contributed by atoms with Crippen molar-refractivity contribution in [2.75, 3.05) is 11.9 Å². The van der Waals surface area contributed by atoms with Gasteiger partial charge in [0.25, 0.3) is 0 Å². The summed E-state index contributed by atoms with van der Waals surface area (Å²) in [4.78, 5) is 0. The molecule has 0 amide bonds. The van der Waals surface area contributed by atoms with E-state index in [9.17, 15) is 0 Å². The van der Waals surface area contributed by atoms with Crippen LogP contribution in [0.3, 0.4) is 0 Å². The Morgan fingerprint density at radius 2 is 1.83 bits per heavy atom. The highest BCUT2D eigenvalue weighted by Gasteiger charge is 1.99. The number of aryl methyl sites for hydroxylation is 1. The van der Waals surface area contributed by atoms with E-state index in [4.69, 9.17) is 0 Å². The van der Waals surface area contributed by atoms with Crippen molar-refractivity contribution in [2.24, 2.45) is 0 Å². The second-order valence-corrected chi connectivity index (χ2v) is 4.75. The second-order valence-electron chi connectivity index (χ2n) is 3.96. The van der Waals surface area contributed by atoms with Crippen molar-refractivity contribution >= 4 is 21.6 Å². The fraction of sp³-hybridized carbons (Fsp3) is 0.125. The molecule has 0 aliphatic heterocycles. The first-order chi connectivity index (χ1) is 8.77. The van der Waals surface area contributed by atoms with Crippen LogP contribution in [-0.2, 0) is 0 Å². The Labute approximate surface area is 116 Å². The predicted molar refractivity (Wildman–Crippen MR) is 80.7 cm³/mol. The number of rotatable bonds is 2. The highest BCUT2D eigenvalue weighted by molar-refractivity contribution is 9.10. The van der Waals surface area contributed by atoms with E-state index in [0.717, 1.165) is 15.7 Å². The maximum atomic E-state index is 3.57. The zero-order valence-electron chi connectivity index (χ0n) is 10.2. The Kier molecular flexibility index (Phi) is 4.44. The molecule has 18 heavy (non-hydrogen) atoms. The van der Waals surface area contributed by atoms with Crippen LogP contribution in [-0.4, -0.2) is 6.54 Å². The topological polar surface area (TPSA) is 12.0 Å². The summed E-state index contributed by atoms with van der Waals surface area (Å²) in [5.41, 5.74) is 3.34. The van der Waals surface area contributed by atoms with Gasteiger partial charge in [0.15, 0.2) is 0 Å². The van der Waals surface area contributed by atoms with Crippen LogP contribution >= 0.6 is 15.9 Å². The molecule has 0 fully saturated rings. The van der Waals surface area contributed by atoms with Gasteiger partial charge in [0, 0.05) is 15.7 Å². The van der Waals surface area contributed by atoms with E-state index in [-0.39, 0.29) is 0 Å². The van der Waals surface area contributed by atoms with Crippen LogP contribution in [0.2, 0.25) is 0 Å². The van der Waals surface area contributed by atoms with Crippen LogP contribution in [0.4, 0.5) is 5.69 Å². The van der Waals surface area contributed by atoms with Gasteiger partial charge in [-0.3, -0.25) is 0 Å². The molecule has 0 spiro atoms. The molecule has 1 N–H and O–H groups in total. The fourth-order valence-electron chi connectivity index (χ4n) is 1.59. The summed E-state index contributed by atoms with van der Waals surface area (Å²) in [6, 6.07) is 16.2. The normalized spacial score (nSPS) is 9.44. The molecule has 0 atom stereocenters. The van der Waals surface area contributed by atoms with E-state index >= 15 is 0 Å². The Balaban J connectivity index is 1.97. The first-order valence-electron chi connectivity index (χ1n) is 5.80. The second kappa shape index (κ2) is 6.28. The summed E-state index contributed by atoms with van der Waals surface area (Å²) < 4.78 is 1.10. The molecule has 0 bridgehead atoms. The largest absolute Gasteiger partial charge is 0.373 e. The van der Waals surface area contributed by atoms with Crippen molar-refractivity contribution in [3.63, 3.8) is 0 Å². The molecule has 2 rings (SSSR count). The highest BCUT2D eigenvalue weighted by atomic mass is 79.9. The minimum absolute atomic E-state index is 0.636. The molecule has 0 saturated carbocycles. The number of anilines is 1. The van der Waals surface area contributed by atoms with Crippen LogP contribution in [0, 0.1) is 18.8 Å². The smallest absolute Gasteiger partial charge is 0.0770 e. The van der Waals surface area contributed by atoms with Crippen molar-refractivity contribution in [2.45, 2.75) is 6.92 Å². The van der Waals surface area contributed by atoms with Gasteiger partial charge in [-0.05, 0) is 46.6 Å². The molecule has 0 radical (unpaired) electrons. The number of hydrogen-bond acceptors (Lipinski definition) is 1. The van der Waals surface area contributed by atoms with E-state index < -0.39 is 0 Å². The van der Waals surface area contributed by atoms with Crippen molar-refractivity contribution in [1.29, 1.82) is 0 Å². The van der Waals surface area contributed by atoms with Crippen molar-refractivity contribution < 1.29 is 0 Å². The first-order valence-corrected chi connectivity index (χ1v) is 6.59. The summed E-state index contributed by atoms with van der Waals surface area (Å²) in [5.74, 6) is 6.24. The predicted octanol–water partition coefficient (Wildman–Crippen LogP) is 4.22. The van der Waals surface area contributed by atoms with E-state index in [0.29, 0.717) is 6.54 Å². The average Bonchev–Trinajstić information content (AvgIpc) is 2.40. The van der Waals surface area contributed by atoms with Crippen molar-refractivity contribution in [1.82, 2.24) is 0 Å². The van der Waals surface area contributed by atoms with Gasteiger partial charge in [0.2, 0.25) is 0 Å². The van der Waals surface area contributed by atoms with E-state index in [2.05, 4.69) is 46.1 Å². The summed E-state index contributed by atoms with van der Waals surface area (Å²) in [6.45, 7) is 2.71. The zero-order valence-corrected chi connectivity index (χ0v) is 11.8. The van der Waals surface area contributed by atoms with Crippen LogP contribution in [0.15, 0.2) is 53.0 Å². The fourth-order valence-corrected chi connectivity index (χ4v) is 2.00. The van der Waals surface area contributed by atoms with E-state index in [1.54, 1.807) is 0 Å². The van der Waals surface area contributed by atoms with Crippen LogP contribution in [0.5, 0.6) is 0 Å². The van der Waals surface area contributed by atoms with Gasteiger partial charge in [-0.25, -0.2) is 0 Å². The molecule has 0 aliphatic carbocycles. The minimum atomic E-state index is 0.636. The monoisotopic (exact) mass is 299 g/mol. The molecule has 2 aromatic rings. The lowest BCUT2D eigenvalue weighted by molar-refractivity contribution is 1.33. The molecule has 0 unspecified atom stereocenters. The first kappa shape index (κ1) is 12.7. The van der Waals surface area contributed by atoms with Crippen LogP contribution < -0.4 is 5.32 Å². The third-order valence-electron chi connectivity index (χ3n) is 2.57.